The highest BCUT2D eigenvalue weighted by atomic mass is 19.1. The van der Waals surface area contributed by atoms with E-state index in [9.17, 15) is 18.8 Å². The molecule has 22 heavy (non-hydrogen) atoms. The second-order valence-corrected chi connectivity index (χ2v) is 4.11. The van der Waals surface area contributed by atoms with E-state index in [-0.39, 0.29) is 18.2 Å². The predicted octanol–water partition coefficient (Wildman–Crippen LogP) is 0.000000000000000666. The van der Waals surface area contributed by atoms with E-state index in [4.69, 9.17) is 4.74 Å². The van der Waals surface area contributed by atoms with Gasteiger partial charge < -0.3 is 20.1 Å². The minimum absolute atomic E-state index is 0.0832. The number of likely N-dealkylation sites (N-methyl/N-ethyl adjacent to an activating group) is 1. The molecular formula is C14H17FN2O5. The van der Waals surface area contributed by atoms with Gasteiger partial charge in [0.25, 0.3) is 5.91 Å². The third-order valence-electron chi connectivity index (χ3n) is 2.37. The number of benzene rings is 1. The van der Waals surface area contributed by atoms with Crippen LogP contribution in [0.2, 0.25) is 0 Å². The number of halogens is 1. The molecule has 0 unspecified atom stereocenters. The molecule has 0 radical (unpaired) electrons. The van der Waals surface area contributed by atoms with Gasteiger partial charge in [0.2, 0.25) is 5.91 Å². The largest absolute Gasteiger partial charge is 0.479 e. The monoisotopic (exact) mass is 312 g/mol. The van der Waals surface area contributed by atoms with E-state index in [1.54, 1.807) is 13.0 Å². The van der Waals surface area contributed by atoms with Crippen molar-refractivity contribution in [2.24, 2.45) is 0 Å². The summed E-state index contributed by atoms with van der Waals surface area (Å²) in [6.07, 6.45) is 0. The molecule has 1 aromatic carbocycles. The zero-order valence-electron chi connectivity index (χ0n) is 12.1. The molecule has 0 spiro atoms. The van der Waals surface area contributed by atoms with E-state index in [0.29, 0.717) is 6.54 Å². The summed E-state index contributed by atoms with van der Waals surface area (Å²) < 4.78 is 22.8. The van der Waals surface area contributed by atoms with Crippen molar-refractivity contribution >= 4 is 17.8 Å². The van der Waals surface area contributed by atoms with E-state index in [0.717, 1.165) is 0 Å². The number of hydrogen-bond acceptors (Lipinski definition) is 5. The van der Waals surface area contributed by atoms with Gasteiger partial charge in [-0.3, -0.25) is 9.59 Å². The number of nitrogens with one attached hydrogen (secondary N) is 2. The topological polar surface area (TPSA) is 93.7 Å². The quantitative estimate of drug-likeness (QED) is 0.659. The van der Waals surface area contributed by atoms with E-state index < -0.39 is 30.9 Å². The molecule has 1 aromatic rings. The van der Waals surface area contributed by atoms with E-state index >= 15 is 0 Å². The minimum atomic E-state index is -0.823. The summed E-state index contributed by atoms with van der Waals surface area (Å²) in [5.41, 5.74) is 0. The highest BCUT2D eigenvalue weighted by Crippen LogP contribution is 2.14. The van der Waals surface area contributed by atoms with Crippen molar-refractivity contribution in [1.82, 2.24) is 10.6 Å². The number of para-hydroxylation sites is 1. The number of hydrogen-bond donors (Lipinski definition) is 2. The first-order valence-electron chi connectivity index (χ1n) is 6.59. The summed E-state index contributed by atoms with van der Waals surface area (Å²) in [6, 6.07) is 5.59. The van der Waals surface area contributed by atoms with Gasteiger partial charge in [0, 0.05) is 6.54 Å². The Morgan fingerprint density at radius 1 is 1.09 bits per heavy atom. The molecule has 0 aliphatic carbocycles. The average molecular weight is 312 g/mol. The Bertz CT molecular complexity index is 536. The lowest BCUT2D eigenvalue weighted by Gasteiger charge is -2.08. The number of ether oxygens (including phenoxy) is 2. The molecule has 120 valence electrons. The number of esters is 1. The third-order valence-corrected chi connectivity index (χ3v) is 2.37. The number of amides is 2. The summed E-state index contributed by atoms with van der Waals surface area (Å²) >= 11 is 0. The average Bonchev–Trinajstić information content (AvgIpc) is 2.50. The van der Waals surface area contributed by atoms with E-state index in [1.807, 2.05) is 0 Å². The maximum Gasteiger partial charge on any atom is 0.344 e. The molecule has 0 saturated carbocycles. The van der Waals surface area contributed by atoms with Crippen molar-refractivity contribution in [3.05, 3.63) is 30.1 Å². The summed E-state index contributed by atoms with van der Waals surface area (Å²) in [6.45, 7) is 0.938. The second-order valence-electron chi connectivity index (χ2n) is 4.11. The Labute approximate surface area is 126 Å². The molecule has 0 heterocycles. The van der Waals surface area contributed by atoms with Crippen LogP contribution in [0.5, 0.6) is 5.75 Å². The fourth-order valence-electron chi connectivity index (χ4n) is 1.38. The zero-order valence-corrected chi connectivity index (χ0v) is 12.1. The van der Waals surface area contributed by atoms with Crippen LogP contribution in [0.1, 0.15) is 6.92 Å². The molecule has 8 heteroatoms. The van der Waals surface area contributed by atoms with Gasteiger partial charge in [-0.2, -0.15) is 0 Å². The number of rotatable bonds is 8. The SMILES string of the molecule is CCNC(=O)CNC(=O)COC(=O)COc1ccccc1F. The Hall–Kier alpha value is -2.64. The molecule has 2 N–H and O–H groups in total. The molecule has 0 fully saturated rings. The zero-order chi connectivity index (χ0) is 16.4. The summed E-state index contributed by atoms with van der Waals surface area (Å²) in [4.78, 5) is 33.7. The summed E-state index contributed by atoms with van der Waals surface area (Å²) in [5, 5.41) is 4.77. The third kappa shape index (κ3) is 6.69. The first-order valence-corrected chi connectivity index (χ1v) is 6.59. The van der Waals surface area contributed by atoms with Crippen LogP contribution in [0.25, 0.3) is 0 Å². The maximum absolute atomic E-state index is 13.2. The summed E-state index contributed by atoms with van der Waals surface area (Å²) in [7, 11) is 0. The molecule has 0 aliphatic rings. The highest BCUT2D eigenvalue weighted by Gasteiger charge is 2.10. The normalized spacial score (nSPS) is 9.73. The molecule has 0 aromatic heterocycles. The standard InChI is InChI=1S/C14H17FN2O5/c1-2-16-12(18)7-17-13(19)8-22-14(20)9-21-11-6-4-3-5-10(11)15/h3-6H,2,7-9H2,1H3,(H,16,18)(H,17,19). The lowest BCUT2D eigenvalue weighted by Crippen LogP contribution is -2.38. The van der Waals surface area contributed by atoms with Gasteiger partial charge in [0.05, 0.1) is 6.54 Å². The molecule has 7 nitrogen and oxygen atoms in total. The molecule has 2 amide bonds. The van der Waals surface area contributed by atoms with Crippen LogP contribution in [0.15, 0.2) is 24.3 Å². The van der Waals surface area contributed by atoms with Gasteiger partial charge in [-0.1, -0.05) is 12.1 Å². The van der Waals surface area contributed by atoms with Crippen molar-refractivity contribution in [2.45, 2.75) is 6.92 Å². The van der Waals surface area contributed by atoms with Crippen molar-refractivity contribution in [3.8, 4) is 5.75 Å². The Balaban J connectivity index is 2.21. The molecule has 1 rings (SSSR count). The van der Waals surface area contributed by atoms with Gasteiger partial charge in [-0.25, -0.2) is 9.18 Å². The first-order chi connectivity index (χ1) is 10.5. The molecule has 0 atom stereocenters. The van der Waals surface area contributed by atoms with E-state index in [2.05, 4.69) is 15.4 Å². The Morgan fingerprint density at radius 2 is 1.82 bits per heavy atom. The Morgan fingerprint density at radius 3 is 2.50 bits per heavy atom. The van der Waals surface area contributed by atoms with Crippen molar-refractivity contribution in [3.63, 3.8) is 0 Å². The van der Waals surface area contributed by atoms with Crippen LogP contribution in [0.4, 0.5) is 4.39 Å². The van der Waals surface area contributed by atoms with Crippen molar-refractivity contribution in [2.75, 3.05) is 26.3 Å². The van der Waals surface area contributed by atoms with Gasteiger partial charge in [0.15, 0.2) is 24.8 Å². The fourth-order valence-corrected chi connectivity index (χ4v) is 1.38. The lowest BCUT2D eigenvalue weighted by molar-refractivity contribution is -0.150. The number of carbonyl (C=O) groups is 3. The minimum Gasteiger partial charge on any atom is -0.479 e. The maximum atomic E-state index is 13.2. The fraction of sp³-hybridized carbons (Fsp3) is 0.357. The van der Waals surface area contributed by atoms with E-state index in [1.165, 1.54) is 18.2 Å². The van der Waals surface area contributed by atoms with Crippen LogP contribution in [-0.4, -0.2) is 44.1 Å². The van der Waals surface area contributed by atoms with Gasteiger partial charge in [-0.15, -0.1) is 0 Å². The first kappa shape index (κ1) is 17.4. The highest BCUT2D eigenvalue weighted by molar-refractivity contribution is 5.86. The second kappa shape index (κ2) is 9.32. The van der Waals surface area contributed by atoms with Gasteiger partial charge in [-0.05, 0) is 19.1 Å². The lowest BCUT2D eigenvalue weighted by atomic mass is 10.3. The van der Waals surface area contributed by atoms with Crippen LogP contribution in [0, 0.1) is 5.82 Å². The van der Waals surface area contributed by atoms with Crippen molar-refractivity contribution < 1.29 is 28.2 Å². The molecule has 0 saturated heterocycles. The van der Waals surface area contributed by atoms with Crippen molar-refractivity contribution in [1.29, 1.82) is 0 Å². The van der Waals surface area contributed by atoms with Crippen LogP contribution in [0.3, 0.4) is 0 Å². The number of carbonyl (C=O) groups excluding carboxylic acids is 3. The van der Waals surface area contributed by atoms with Crippen LogP contribution in [-0.2, 0) is 19.1 Å². The van der Waals surface area contributed by atoms with Gasteiger partial charge >= 0.3 is 5.97 Å². The van der Waals surface area contributed by atoms with Gasteiger partial charge in [0.1, 0.15) is 0 Å². The molecular weight excluding hydrogens is 295 g/mol. The Kier molecular flexibility index (Phi) is 7.38. The smallest absolute Gasteiger partial charge is 0.344 e. The van der Waals surface area contributed by atoms with Crippen LogP contribution < -0.4 is 15.4 Å². The molecule has 0 bridgehead atoms. The van der Waals surface area contributed by atoms with Crippen LogP contribution >= 0.6 is 0 Å². The predicted molar refractivity (Wildman–Crippen MR) is 74.5 cm³/mol. The molecule has 0 aliphatic heterocycles. The summed E-state index contributed by atoms with van der Waals surface area (Å²) in [5.74, 6) is -2.47.